The summed E-state index contributed by atoms with van der Waals surface area (Å²) in [4.78, 5) is 11.1. The van der Waals surface area contributed by atoms with E-state index in [9.17, 15) is 13.2 Å². The van der Waals surface area contributed by atoms with Crippen LogP contribution in [0.25, 0.3) is 0 Å². The van der Waals surface area contributed by atoms with Gasteiger partial charge >= 0.3 is 0 Å². The van der Waals surface area contributed by atoms with Gasteiger partial charge in [-0.05, 0) is 38.5 Å². The van der Waals surface area contributed by atoms with Gasteiger partial charge in [0.05, 0.1) is 5.75 Å². The highest BCUT2D eigenvalue weighted by molar-refractivity contribution is 7.90. The zero-order valence-electron chi connectivity index (χ0n) is 8.82. The van der Waals surface area contributed by atoms with Gasteiger partial charge in [0, 0.05) is 12.2 Å². The van der Waals surface area contributed by atoms with E-state index in [0.717, 1.165) is 25.7 Å². The molecule has 0 amide bonds. The molecule has 0 aromatic carbocycles. The molecular weight excluding hydrogens is 200 g/mol. The van der Waals surface area contributed by atoms with Crippen molar-refractivity contribution in [2.75, 3.05) is 12.0 Å². The van der Waals surface area contributed by atoms with Gasteiger partial charge in [0.25, 0.3) is 0 Å². The minimum absolute atomic E-state index is 0.186. The minimum atomic E-state index is -2.85. The SMILES string of the molecule is CC(=O)C1CCC(CS(C)(=O)=O)CC1. The number of Topliss-reactive ketones (excluding diaryl/α,β-unsaturated/α-hetero) is 1. The van der Waals surface area contributed by atoms with E-state index in [1.807, 2.05) is 0 Å². The Labute approximate surface area is 85.8 Å². The molecule has 1 aliphatic rings. The van der Waals surface area contributed by atoms with Crippen molar-refractivity contribution in [1.29, 1.82) is 0 Å². The van der Waals surface area contributed by atoms with Gasteiger partial charge in [-0.2, -0.15) is 0 Å². The highest BCUT2D eigenvalue weighted by atomic mass is 32.2. The molecular formula is C10H18O3S. The first kappa shape index (κ1) is 11.7. The minimum Gasteiger partial charge on any atom is -0.300 e. The Kier molecular flexibility index (Phi) is 3.70. The molecule has 1 aliphatic carbocycles. The smallest absolute Gasteiger partial charge is 0.147 e. The number of sulfone groups is 1. The standard InChI is InChI=1S/C10H18O3S/c1-8(11)10-5-3-9(4-6-10)7-14(2,12)13/h9-10H,3-7H2,1-2H3. The Bertz CT molecular complexity index is 297. The highest BCUT2D eigenvalue weighted by Crippen LogP contribution is 2.29. The molecule has 0 bridgehead atoms. The summed E-state index contributed by atoms with van der Waals surface area (Å²) in [6, 6.07) is 0. The largest absolute Gasteiger partial charge is 0.300 e. The average molecular weight is 218 g/mol. The van der Waals surface area contributed by atoms with Crippen molar-refractivity contribution in [3.8, 4) is 0 Å². The van der Waals surface area contributed by atoms with E-state index in [4.69, 9.17) is 0 Å². The zero-order chi connectivity index (χ0) is 10.8. The van der Waals surface area contributed by atoms with Crippen molar-refractivity contribution in [3.05, 3.63) is 0 Å². The lowest BCUT2D eigenvalue weighted by atomic mass is 9.81. The van der Waals surface area contributed by atoms with Crippen molar-refractivity contribution in [3.63, 3.8) is 0 Å². The van der Waals surface area contributed by atoms with Gasteiger partial charge in [0.2, 0.25) is 0 Å². The summed E-state index contributed by atoms with van der Waals surface area (Å²) in [7, 11) is -2.85. The van der Waals surface area contributed by atoms with Crippen LogP contribution in [0.3, 0.4) is 0 Å². The van der Waals surface area contributed by atoms with Crippen molar-refractivity contribution in [2.24, 2.45) is 11.8 Å². The van der Waals surface area contributed by atoms with Crippen LogP contribution in [0.2, 0.25) is 0 Å². The third-order valence-corrected chi connectivity index (χ3v) is 4.04. The number of hydrogen-bond acceptors (Lipinski definition) is 3. The van der Waals surface area contributed by atoms with E-state index < -0.39 is 9.84 Å². The molecule has 14 heavy (non-hydrogen) atoms. The predicted molar refractivity (Wildman–Crippen MR) is 55.8 cm³/mol. The van der Waals surface area contributed by atoms with E-state index in [-0.39, 0.29) is 23.4 Å². The van der Waals surface area contributed by atoms with E-state index in [2.05, 4.69) is 0 Å². The first-order chi connectivity index (χ1) is 6.38. The van der Waals surface area contributed by atoms with Crippen LogP contribution in [0.1, 0.15) is 32.6 Å². The molecule has 0 aliphatic heterocycles. The molecule has 0 unspecified atom stereocenters. The van der Waals surface area contributed by atoms with Gasteiger partial charge < -0.3 is 0 Å². The third kappa shape index (κ3) is 3.78. The van der Waals surface area contributed by atoms with Gasteiger partial charge in [0.15, 0.2) is 0 Å². The first-order valence-electron chi connectivity index (χ1n) is 5.06. The number of rotatable bonds is 3. The number of hydrogen-bond donors (Lipinski definition) is 0. The van der Waals surface area contributed by atoms with Gasteiger partial charge in [-0.3, -0.25) is 4.79 Å². The second-order valence-electron chi connectivity index (χ2n) is 4.42. The molecule has 1 fully saturated rings. The molecule has 1 rings (SSSR count). The van der Waals surface area contributed by atoms with Crippen molar-refractivity contribution < 1.29 is 13.2 Å². The van der Waals surface area contributed by atoms with Crippen LogP contribution in [0, 0.1) is 11.8 Å². The van der Waals surface area contributed by atoms with Gasteiger partial charge in [-0.25, -0.2) is 8.42 Å². The molecule has 0 aromatic rings. The fourth-order valence-corrected chi connectivity index (χ4v) is 3.35. The Morgan fingerprint density at radius 1 is 1.21 bits per heavy atom. The molecule has 0 heterocycles. The number of carbonyl (C=O) groups is 1. The number of carbonyl (C=O) groups excluding carboxylic acids is 1. The van der Waals surface area contributed by atoms with Crippen LogP contribution in [0.4, 0.5) is 0 Å². The van der Waals surface area contributed by atoms with Crippen LogP contribution in [-0.2, 0) is 14.6 Å². The monoisotopic (exact) mass is 218 g/mol. The van der Waals surface area contributed by atoms with Crippen LogP contribution >= 0.6 is 0 Å². The normalized spacial score (nSPS) is 28.7. The molecule has 0 spiro atoms. The summed E-state index contributed by atoms with van der Waals surface area (Å²) in [6.07, 6.45) is 4.80. The lowest BCUT2D eigenvalue weighted by Crippen LogP contribution is -2.24. The number of ketones is 1. The molecule has 0 radical (unpaired) electrons. The maximum atomic E-state index is 11.1. The fourth-order valence-electron chi connectivity index (χ4n) is 2.16. The molecule has 0 aromatic heterocycles. The quantitative estimate of drug-likeness (QED) is 0.720. The molecule has 82 valence electrons. The molecule has 0 atom stereocenters. The summed E-state index contributed by atoms with van der Waals surface area (Å²) in [6.45, 7) is 1.63. The lowest BCUT2D eigenvalue weighted by molar-refractivity contribution is -0.121. The average Bonchev–Trinajstić information content (AvgIpc) is 2.02. The maximum Gasteiger partial charge on any atom is 0.147 e. The summed E-state index contributed by atoms with van der Waals surface area (Å²) in [5, 5.41) is 0. The molecule has 4 heteroatoms. The topological polar surface area (TPSA) is 51.2 Å². The molecule has 1 saturated carbocycles. The summed E-state index contributed by atoms with van der Waals surface area (Å²) in [5.74, 6) is 1.01. The Morgan fingerprint density at radius 2 is 1.71 bits per heavy atom. The molecule has 0 saturated heterocycles. The predicted octanol–water partition coefficient (Wildman–Crippen LogP) is 1.43. The van der Waals surface area contributed by atoms with Crippen LogP contribution in [-0.4, -0.2) is 26.2 Å². The maximum absolute atomic E-state index is 11.1. The van der Waals surface area contributed by atoms with Gasteiger partial charge in [-0.15, -0.1) is 0 Å². The summed E-state index contributed by atoms with van der Waals surface area (Å²) >= 11 is 0. The first-order valence-corrected chi connectivity index (χ1v) is 7.12. The summed E-state index contributed by atoms with van der Waals surface area (Å²) in [5.41, 5.74) is 0. The van der Waals surface area contributed by atoms with Crippen molar-refractivity contribution in [1.82, 2.24) is 0 Å². The van der Waals surface area contributed by atoms with E-state index in [1.165, 1.54) is 6.26 Å². The van der Waals surface area contributed by atoms with Crippen molar-refractivity contribution >= 4 is 15.6 Å². The van der Waals surface area contributed by atoms with Crippen molar-refractivity contribution in [2.45, 2.75) is 32.6 Å². The third-order valence-electron chi connectivity index (χ3n) is 2.96. The molecule has 3 nitrogen and oxygen atoms in total. The van der Waals surface area contributed by atoms with E-state index in [0.29, 0.717) is 0 Å². The van der Waals surface area contributed by atoms with Crippen LogP contribution < -0.4 is 0 Å². The Hall–Kier alpha value is -0.380. The fraction of sp³-hybridized carbons (Fsp3) is 0.900. The Balaban J connectivity index is 2.40. The van der Waals surface area contributed by atoms with Crippen LogP contribution in [0.5, 0.6) is 0 Å². The van der Waals surface area contributed by atoms with Gasteiger partial charge in [0.1, 0.15) is 15.6 Å². The van der Waals surface area contributed by atoms with Crippen LogP contribution in [0.15, 0.2) is 0 Å². The van der Waals surface area contributed by atoms with Gasteiger partial charge in [-0.1, -0.05) is 0 Å². The lowest BCUT2D eigenvalue weighted by Gasteiger charge is -2.26. The second kappa shape index (κ2) is 4.43. The second-order valence-corrected chi connectivity index (χ2v) is 6.61. The van der Waals surface area contributed by atoms with E-state index >= 15 is 0 Å². The van der Waals surface area contributed by atoms with E-state index in [1.54, 1.807) is 6.92 Å². The molecule has 0 N–H and O–H groups in total. The zero-order valence-corrected chi connectivity index (χ0v) is 9.64. The summed E-state index contributed by atoms with van der Waals surface area (Å²) < 4.78 is 22.1. The highest BCUT2D eigenvalue weighted by Gasteiger charge is 2.25. The Morgan fingerprint density at radius 3 is 2.07 bits per heavy atom.